The fraction of sp³-hybridized carbons (Fsp3) is 0.647. The molecule has 1 aliphatic rings. The van der Waals surface area contributed by atoms with Crippen LogP contribution in [0.4, 0.5) is 0 Å². The van der Waals surface area contributed by atoms with Crippen molar-refractivity contribution in [2.75, 3.05) is 19.6 Å². The summed E-state index contributed by atoms with van der Waals surface area (Å²) < 4.78 is 0. The fourth-order valence-electron chi connectivity index (χ4n) is 2.82. The van der Waals surface area contributed by atoms with Crippen LogP contribution in [0.3, 0.4) is 0 Å². The third kappa shape index (κ3) is 3.80. The van der Waals surface area contributed by atoms with Gasteiger partial charge in [-0.25, -0.2) is 0 Å². The Morgan fingerprint density at radius 1 is 1.21 bits per heavy atom. The van der Waals surface area contributed by atoms with E-state index in [0.717, 1.165) is 13.1 Å². The van der Waals surface area contributed by atoms with E-state index < -0.39 is 0 Å². The maximum atomic E-state index is 3.72. The standard InChI is InChI=1S/C17H28N2/c1-14(15-9-6-5-7-10-15)19-12-8-11-18-16(13-19)17(2,3)4/h5-7,9-10,14,16,18H,8,11-13H2,1-4H3. The summed E-state index contributed by atoms with van der Waals surface area (Å²) in [5.74, 6) is 0. The van der Waals surface area contributed by atoms with Crippen molar-refractivity contribution in [3.63, 3.8) is 0 Å². The van der Waals surface area contributed by atoms with Gasteiger partial charge in [0, 0.05) is 25.2 Å². The molecule has 1 saturated heterocycles. The van der Waals surface area contributed by atoms with Crippen LogP contribution in [0.15, 0.2) is 30.3 Å². The van der Waals surface area contributed by atoms with Crippen molar-refractivity contribution >= 4 is 0 Å². The zero-order chi connectivity index (χ0) is 13.9. The van der Waals surface area contributed by atoms with Crippen LogP contribution in [0.2, 0.25) is 0 Å². The van der Waals surface area contributed by atoms with E-state index in [1.807, 2.05) is 0 Å². The van der Waals surface area contributed by atoms with Gasteiger partial charge in [-0.1, -0.05) is 51.1 Å². The molecule has 1 heterocycles. The Balaban J connectivity index is 2.10. The molecule has 0 saturated carbocycles. The van der Waals surface area contributed by atoms with E-state index in [9.17, 15) is 0 Å². The average molecular weight is 260 g/mol. The zero-order valence-electron chi connectivity index (χ0n) is 12.8. The molecular formula is C17H28N2. The highest BCUT2D eigenvalue weighted by molar-refractivity contribution is 5.18. The van der Waals surface area contributed by atoms with Crippen LogP contribution in [-0.4, -0.2) is 30.6 Å². The van der Waals surface area contributed by atoms with Gasteiger partial charge in [0.1, 0.15) is 0 Å². The lowest BCUT2D eigenvalue weighted by Crippen LogP contribution is -2.46. The average Bonchev–Trinajstić information content (AvgIpc) is 2.64. The summed E-state index contributed by atoms with van der Waals surface area (Å²) >= 11 is 0. The van der Waals surface area contributed by atoms with E-state index in [4.69, 9.17) is 0 Å². The van der Waals surface area contributed by atoms with E-state index >= 15 is 0 Å². The maximum absolute atomic E-state index is 3.72. The highest BCUT2D eigenvalue weighted by Crippen LogP contribution is 2.26. The molecule has 0 amide bonds. The number of hydrogen-bond donors (Lipinski definition) is 1. The fourth-order valence-corrected chi connectivity index (χ4v) is 2.82. The first-order valence-corrected chi connectivity index (χ1v) is 7.51. The van der Waals surface area contributed by atoms with Gasteiger partial charge >= 0.3 is 0 Å². The minimum atomic E-state index is 0.318. The minimum Gasteiger partial charge on any atom is -0.312 e. The number of rotatable bonds is 2. The molecule has 1 aromatic rings. The van der Waals surface area contributed by atoms with E-state index in [1.54, 1.807) is 0 Å². The molecule has 0 aliphatic carbocycles. The van der Waals surface area contributed by atoms with Gasteiger partial charge in [-0.05, 0) is 30.9 Å². The van der Waals surface area contributed by atoms with Crippen LogP contribution in [0.5, 0.6) is 0 Å². The van der Waals surface area contributed by atoms with Gasteiger partial charge in [0.15, 0.2) is 0 Å². The molecule has 0 radical (unpaired) electrons. The van der Waals surface area contributed by atoms with Gasteiger partial charge in [-0.2, -0.15) is 0 Å². The van der Waals surface area contributed by atoms with Crippen LogP contribution in [0.1, 0.15) is 45.7 Å². The predicted octanol–water partition coefficient (Wildman–Crippen LogP) is 3.46. The molecule has 2 nitrogen and oxygen atoms in total. The van der Waals surface area contributed by atoms with Gasteiger partial charge in [0.25, 0.3) is 0 Å². The number of hydrogen-bond acceptors (Lipinski definition) is 2. The lowest BCUT2D eigenvalue weighted by Gasteiger charge is -2.36. The summed E-state index contributed by atoms with van der Waals surface area (Å²) in [5, 5.41) is 3.72. The predicted molar refractivity (Wildman–Crippen MR) is 82.3 cm³/mol. The molecule has 0 spiro atoms. The second-order valence-electron chi connectivity index (χ2n) is 6.81. The highest BCUT2D eigenvalue weighted by atomic mass is 15.2. The Hall–Kier alpha value is -0.860. The molecule has 2 unspecified atom stereocenters. The van der Waals surface area contributed by atoms with E-state index in [0.29, 0.717) is 17.5 Å². The summed E-state index contributed by atoms with van der Waals surface area (Å²) in [4.78, 5) is 2.63. The van der Waals surface area contributed by atoms with Crippen molar-refractivity contribution in [2.45, 2.75) is 46.2 Å². The van der Waals surface area contributed by atoms with E-state index in [2.05, 4.69) is 68.2 Å². The summed E-state index contributed by atoms with van der Waals surface area (Å²) in [7, 11) is 0. The zero-order valence-corrected chi connectivity index (χ0v) is 12.8. The highest BCUT2D eigenvalue weighted by Gasteiger charge is 2.29. The summed E-state index contributed by atoms with van der Waals surface area (Å²) in [6.07, 6.45) is 1.24. The Kier molecular flexibility index (Phi) is 4.64. The van der Waals surface area contributed by atoms with Gasteiger partial charge in [-0.15, -0.1) is 0 Å². The monoisotopic (exact) mass is 260 g/mol. The van der Waals surface area contributed by atoms with Crippen molar-refractivity contribution in [1.82, 2.24) is 10.2 Å². The first kappa shape index (κ1) is 14.5. The Bertz CT molecular complexity index is 380. The first-order chi connectivity index (χ1) is 8.98. The Morgan fingerprint density at radius 3 is 2.53 bits per heavy atom. The van der Waals surface area contributed by atoms with Crippen molar-refractivity contribution in [1.29, 1.82) is 0 Å². The smallest absolute Gasteiger partial charge is 0.0320 e. The van der Waals surface area contributed by atoms with Crippen molar-refractivity contribution in [3.05, 3.63) is 35.9 Å². The lowest BCUT2D eigenvalue weighted by atomic mass is 9.86. The molecular weight excluding hydrogens is 232 g/mol. The topological polar surface area (TPSA) is 15.3 Å². The Morgan fingerprint density at radius 2 is 1.89 bits per heavy atom. The van der Waals surface area contributed by atoms with Crippen molar-refractivity contribution in [2.24, 2.45) is 5.41 Å². The quantitative estimate of drug-likeness (QED) is 0.876. The van der Waals surface area contributed by atoms with Gasteiger partial charge < -0.3 is 5.32 Å². The lowest BCUT2D eigenvalue weighted by molar-refractivity contribution is 0.162. The SMILES string of the molecule is CC(c1ccccc1)N1CCCNC(C(C)(C)C)C1. The summed E-state index contributed by atoms with van der Waals surface area (Å²) in [6, 6.07) is 11.9. The van der Waals surface area contributed by atoms with Gasteiger partial charge in [0.05, 0.1) is 0 Å². The third-order valence-corrected chi connectivity index (χ3v) is 4.31. The second-order valence-corrected chi connectivity index (χ2v) is 6.81. The van der Waals surface area contributed by atoms with Gasteiger partial charge in [-0.3, -0.25) is 4.90 Å². The molecule has 2 atom stereocenters. The van der Waals surface area contributed by atoms with E-state index in [1.165, 1.54) is 18.5 Å². The molecule has 0 aromatic heterocycles. The van der Waals surface area contributed by atoms with Crippen LogP contribution in [0.25, 0.3) is 0 Å². The molecule has 1 aromatic carbocycles. The largest absolute Gasteiger partial charge is 0.312 e. The Labute approximate surface area is 118 Å². The van der Waals surface area contributed by atoms with Gasteiger partial charge in [0.2, 0.25) is 0 Å². The normalized spacial score (nSPS) is 23.9. The number of benzene rings is 1. The van der Waals surface area contributed by atoms with Crippen molar-refractivity contribution in [3.8, 4) is 0 Å². The van der Waals surface area contributed by atoms with Crippen LogP contribution < -0.4 is 5.32 Å². The van der Waals surface area contributed by atoms with Crippen molar-refractivity contribution < 1.29 is 0 Å². The number of nitrogens with one attached hydrogen (secondary N) is 1. The minimum absolute atomic E-state index is 0.318. The second kappa shape index (κ2) is 6.06. The summed E-state index contributed by atoms with van der Waals surface area (Å²) in [6.45, 7) is 12.8. The maximum Gasteiger partial charge on any atom is 0.0320 e. The molecule has 1 fully saturated rings. The van der Waals surface area contributed by atoms with Crippen LogP contribution in [0, 0.1) is 5.41 Å². The molecule has 19 heavy (non-hydrogen) atoms. The summed E-state index contributed by atoms with van der Waals surface area (Å²) in [5.41, 5.74) is 1.75. The molecule has 0 bridgehead atoms. The van der Waals surface area contributed by atoms with Crippen LogP contribution in [-0.2, 0) is 0 Å². The van der Waals surface area contributed by atoms with E-state index in [-0.39, 0.29) is 0 Å². The van der Waals surface area contributed by atoms with Crippen LogP contribution >= 0.6 is 0 Å². The molecule has 1 aliphatic heterocycles. The molecule has 2 heteroatoms. The number of nitrogens with zero attached hydrogens (tertiary/aromatic N) is 1. The third-order valence-electron chi connectivity index (χ3n) is 4.31. The molecule has 1 N–H and O–H groups in total. The molecule has 106 valence electrons. The first-order valence-electron chi connectivity index (χ1n) is 7.51. The molecule has 2 rings (SSSR count).